The molecule has 1 aromatic carbocycles. The number of aryl methyl sites for hydroxylation is 3. The van der Waals surface area contributed by atoms with Gasteiger partial charge in [0.2, 0.25) is 0 Å². The van der Waals surface area contributed by atoms with Gasteiger partial charge < -0.3 is 0 Å². The number of nitrogens with two attached hydrogens (primary N) is 1. The first-order valence-electron chi connectivity index (χ1n) is 7.28. The molecule has 0 aliphatic heterocycles. The van der Waals surface area contributed by atoms with E-state index >= 15 is 0 Å². The van der Waals surface area contributed by atoms with Crippen LogP contribution in [0, 0.1) is 6.92 Å². The summed E-state index contributed by atoms with van der Waals surface area (Å²) in [5, 5.41) is 4.37. The van der Waals surface area contributed by atoms with Crippen LogP contribution in [-0.2, 0) is 13.0 Å². The van der Waals surface area contributed by atoms with Crippen molar-refractivity contribution >= 4 is 0 Å². The van der Waals surface area contributed by atoms with Crippen molar-refractivity contribution in [2.75, 3.05) is 0 Å². The molecule has 0 radical (unpaired) electrons. The van der Waals surface area contributed by atoms with Gasteiger partial charge in [0.15, 0.2) is 0 Å². The van der Waals surface area contributed by atoms with E-state index in [4.69, 9.17) is 5.84 Å². The van der Waals surface area contributed by atoms with Gasteiger partial charge in [-0.25, -0.2) is 0 Å². The number of aromatic nitrogens is 2. The Kier molecular flexibility index (Phi) is 5.32. The molecule has 2 aromatic rings. The smallest absolute Gasteiger partial charge is 0.0632 e. The van der Waals surface area contributed by atoms with Crippen molar-refractivity contribution < 1.29 is 0 Å². The van der Waals surface area contributed by atoms with Crippen LogP contribution < -0.4 is 11.3 Å². The van der Waals surface area contributed by atoms with E-state index in [0.717, 1.165) is 25.8 Å². The maximum absolute atomic E-state index is 5.74. The van der Waals surface area contributed by atoms with Gasteiger partial charge in [-0.05, 0) is 43.4 Å². The van der Waals surface area contributed by atoms with E-state index in [2.05, 4.69) is 54.7 Å². The lowest BCUT2D eigenvalue weighted by Crippen LogP contribution is -2.30. The highest BCUT2D eigenvalue weighted by Crippen LogP contribution is 2.20. The number of benzene rings is 1. The molecule has 2 rings (SSSR count). The lowest BCUT2D eigenvalue weighted by molar-refractivity contribution is 0.457. The quantitative estimate of drug-likeness (QED) is 0.602. The fourth-order valence-corrected chi connectivity index (χ4v) is 2.54. The van der Waals surface area contributed by atoms with Crippen molar-refractivity contribution in [2.24, 2.45) is 5.84 Å². The van der Waals surface area contributed by atoms with Crippen LogP contribution in [0.15, 0.2) is 36.5 Å². The number of rotatable bonds is 7. The van der Waals surface area contributed by atoms with E-state index in [1.54, 1.807) is 0 Å². The molecule has 0 fully saturated rings. The van der Waals surface area contributed by atoms with Gasteiger partial charge in [-0.3, -0.25) is 16.0 Å². The van der Waals surface area contributed by atoms with Gasteiger partial charge in [-0.2, -0.15) is 5.10 Å². The van der Waals surface area contributed by atoms with Crippen molar-refractivity contribution in [1.82, 2.24) is 15.2 Å². The second-order valence-corrected chi connectivity index (χ2v) is 5.16. The van der Waals surface area contributed by atoms with Crippen molar-refractivity contribution in [2.45, 2.75) is 45.7 Å². The van der Waals surface area contributed by atoms with Gasteiger partial charge in [0.25, 0.3) is 0 Å². The lowest BCUT2D eigenvalue weighted by atomic mass is 10.00. The summed E-state index contributed by atoms with van der Waals surface area (Å²) in [5.41, 5.74) is 6.82. The van der Waals surface area contributed by atoms with Crippen molar-refractivity contribution in [3.63, 3.8) is 0 Å². The average Bonchev–Trinajstić information content (AvgIpc) is 2.90. The normalized spacial score (nSPS) is 12.6. The first kappa shape index (κ1) is 14.8. The van der Waals surface area contributed by atoms with Gasteiger partial charge in [0.1, 0.15) is 0 Å². The summed E-state index contributed by atoms with van der Waals surface area (Å²) in [5.74, 6) is 5.74. The molecule has 0 bridgehead atoms. The molecule has 0 saturated heterocycles. The highest BCUT2D eigenvalue weighted by atomic mass is 15.3. The van der Waals surface area contributed by atoms with Gasteiger partial charge in [-0.1, -0.05) is 31.2 Å². The minimum Gasteiger partial charge on any atom is -0.271 e. The SMILES string of the molecule is CCCn1nccc1C(CCc1ccccc1C)NN. The fourth-order valence-electron chi connectivity index (χ4n) is 2.54. The van der Waals surface area contributed by atoms with Crippen LogP contribution >= 0.6 is 0 Å². The van der Waals surface area contributed by atoms with E-state index in [-0.39, 0.29) is 6.04 Å². The minimum atomic E-state index is 0.142. The number of hydrazine groups is 1. The molecule has 1 heterocycles. The predicted molar refractivity (Wildman–Crippen MR) is 82.1 cm³/mol. The monoisotopic (exact) mass is 272 g/mol. The Morgan fingerprint density at radius 1 is 1.30 bits per heavy atom. The van der Waals surface area contributed by atoms with Crippen LogP contribution in [0.25, 0.3) is 0 Å². The molecule has 3 N–H and O–H groups in total. The number of nitrogens with one attached hydrogen (secondary N) is 1. The van der Waals surface area contributed by atoms with E-state index in [1.165, 1.54) is 16.8 Å². The Bertz CT molecular complexity index is 533. The summed E-state index contributed by atoms with van der Waals surface area (Å²) in [6.45, 7) is 5.25. The summed E-state index contributed by atoms with van der Waals surface area (Å²) in [6, 6.07) is 10.7. The van der Waals surface area contributed by atoms with E-state index < -0.39 is 0 Å². The van der Waals surface area contributed by atoms with Crippen LogP contribution in [0.2, 0.25) is 0 Å². The molecule has 1 atom stereocenters. The second-order valence-electron chi connectivity index (χ2n) is 5.16. The molecule has 0 saturated carbocycles. The zero-order valence-electron chi connectivity index (χ0n) is 12.3. The highest BCUT2D eigenvalue weighted by Gasteiger charge is 2.14. The molecule has 1 aromatic heterocycles. The van der Waals surface area contributed by atoms with E-state index in [9.17, 15) is 0 Å². The van der Waals surface area contributed by atoms with Crippen LogP contribution in [0.4, 0.5) is 0 Å². The summed E-state index contributed by atoms with van der Waals surface area (Å²) < 4.78 is 2.04. The maximum Gasteiger partial charge on any atom is 0.0632 e. The predicted octanol–water partition coefficient (Wildman–Crippen LogP) is 2.74. The average molecular weight is 272 g/mol. The van der Waals surface area contributed by atoms with E-state index in [0.29, 0.717) is 0 Å². The Morgan fingerprint density at radius 2 is 2.10 bits per heavy atom. The summed E-state index contributed by atoms with van der Waals surface area (Å²) in [7, 11) is 0. The molecular formula is C16H24N4. The third-order valence-electron chi connectivity index (χ3n) is 3.71. The van der Waals surface area contributed by atoms with Gasteiger partial charge in [0, 0.05) is 12.7 Å². The summed E-state index contributed by atoms with van der Waals surface area (Å²) in [4.78, 5) is 0. The Hall–Kier alpha value is -1.65. The molecule has 0 aliphatic rings. The van der Waals surface area contributed by atoms with Crippen LogP contribution in [-0.4, -0.2) is 9.78 Å². The summed E-state index contributed by atoms with van der Waals surface area (Å²) in [6.07, 6.45) is 4.91. The maximum atomic E-state index is 5.74. The standard InChI is InChI=1S/C16H24N4/c1-3-12-20-16(10-11-18-20)15(19-17)9-8-14-7-5-4-6-13(14)2/h4-7,10-11,15,19H,3,8-9,12,17H2,1-2H3. The zero-order valence-corrected chi connectivity index (χ0v) is 12.3. The molecule has 0 aliphatic carbocycles. The molecule has 4 heteroatoms. The number of hydrogen-bond acceptors (Lipinski definition) is 3. The first-order chi connectivity index (χ1) is 9.76. The largest absolute Gasteiger partial charge is 0.271 e. The molecule has 0 amide bonds. The molecular weight excluding hydrogens is 248 g/mol. The second kappa shape index (κ2) is 7.22. The molecule has 1 unspecified atom stereocenters. The van der Waals surface area contributed by atoms with Crippen molar-refractivity contribution in [1.29, 1.82) is 0 Å². The Labute approximate surface area is 121 Å². The molecule has 4 nitrogen and oxygen atoms in total. The third kappa shape index (κ3) is 3.46. The third-order valence-corrected chi connectivity index (χ3v) is 3.71. The minimum absolute atomic E-state index is 0.142. The molecule has 108 valence electrons. The fraction of sp³-hybridized carbons (Fsp3) is 0.438. The van der Waals surface area contributed by atoms with Gasteiger partial charge in [-0.15, -0.1) is 0 Å². The lowest BCUT2D eigenvalue weighted by Gasteiger charge is -2.18. The van der Waals surface area contributed by atoms with Gasteiger partial charge in [0.05, 0.1) is 11.7 Å². The topological polar surface area (TPSA) is 55.9 Å². The Morgan fingerprint density at radius 3 is 2.80 bits per heavy atom. The van der Waals surface area contributed by atoms with Gasteiger partial charge >= 0.3 is 0 Å². The molecule has 0 spiro atoms. The highest BCUT2D eigenvalue weighted by molar-refractivity contribution is 5.26. The van der Waals surface area contributed by atoms with Crippen molar-refractivity contribution in [3.05, 3.63) is 53.3 Å². The summed E-state index contributed by atoms with van der Waals surface area (Å²) >= 11 is 0. The number of hydrogen-bond donors (Lipinski definition) is 2. The van der Waals surface area contributed by atoms with Crippen LogP contribution in [0.5, 0.6) is 0 Å². The van der Waals surface area contributed by atoms with Crippen molar-refractivity contribution in [3.8, 4) is 0 Å². The number of nitrogens with zero attached hydrogens (tertiary/aromatic N) is 2. The Balaban J connectivity index is 2.06. The van der Waals surface area contributed by atoms with Crippen LogP contribution in [0.3, 0.4) is 0 Å². The van der Waals surface area contributed by atoms with E-state index in [1.807, 2.05) is 10.9 Å². The van der Waals surface area contributed by atoms with Crippen LogP contribution in [0.1, 0.15) is 42.6 Å². The molecule has 20 heavy (non-hydrogen) atoms. The first-order valence-corrected chi connectivity index (χ1v) is 7.28. The zero-order chi connectivity index (χ0) is 14.4.